The number of hydrogen-bond acceptors (Lipinski definition) is 4. The van der Waals surface area contributed by atoms with Crippen LogP contribution in [0.5, 0.6) is 5.75 Å². The van der Waals surface area contributed by atoms with Crippen molar-refractivity contribution < 1.29 is 24.2 Å². The molecule has 0 bridgehead atoms. The molecule has 0 spiro atoms. The molecule has 1 aromatic rings. The number of benzene rings is 1. The lowest BCUT2D eigenvalue weighted by atomic mass is 9.86. The van der Waals surface area contributed by atoms with Gasteiger partial charge in [-0.05, 0) is 37.8 Å². The topological polar surface area (TPSA) is 96.9 Å². The highest BCUT2D eigenvalue weighted by molar-refractivity contribution is 5.91. The van der Waals surface area contributed by atoms with Gasteiger partial charge >= 0.3 is 12.0 Å². The fraction of sp³-hybridized carbons (Fsp3) is 0.556. The first-order valence-electron chi connectivity index (χ1n) is 8.61. The first-order valence-corrected chi connectivity index (χ1v) is 8.61. The Morgan fingerprint density at radius 3 is 2.56 bits per heavy atom. The van der Waals surface area contributed by atoms with Gasteiger partial charge in [0.2, 0.25) is 0 Å². The van der Waals surface area contributed by atoms with Crippen molar-refractivity contribution in [1.29, 1.82) is 0 Å². The van der Waals surface area contributed by atoms with Crippen LogP contribution in [0, 0.1) is 5.92 Å². The zero-order chi connectivity index (χ0) is 18.1. The van der Waals surface area contributed by atoms with Crippen molar-refractivity contribution in [2.45, 2.75) is 38.1 Å². The van der Waals surface area contributed by atoms with E-state index in [9.17, 15) is 9.59 Å². The third kappa shape index (κ3) is 6.26. The molecular weight excluding hydrogens is 324 g/mol. The van der Waals surface area contributed by atoms with Crippen molar-refractivity contribution in [3.05, 3.63) is 24.3 Å². The summed E-state index contributed by atoms with van der Waals surface area (Å²) < 4.78 is 10.7. The minimum absolute atomic E-state index is 0.00498. The van der Waals surface area contributed by atoms with Crippen LogP contribution in [0.4, 0.5) is 10.5 Å². The average Bonchev–Trinajstić information content (AvgIpc) is 2.60. The van der Waals surface area contributed by atoms with Crippen LogP contribution in [0.1, 0.15) is 32.1 Å². The molecule has 0 heterocycles. The summed E-state index contributed by atoms with van der Waals surface area (Å²) in [5.74, 6) is -0.423. The Morgan fingerprint density at radius 1 is 1.16 bits per heavy atom. The van der Waals surface area contributed by atoms with Crippen molar-refractivity contribution in [2.24, 2.45) is 5.92 Å². The molecule has 0 atom stereocenters. The van der Waals surface area contributed by atoms with Gasteiger partial charge in [-0.1, -0.05) is 12.1 Å². The number of carboxylic acids is 1. The normalized spacial score (nSPS) is 19.9. The van der Waals surface area contributed by atoms with Crippen LogP contribution in [0.2, 0.25) is 0 Å². The molecule has 7 heteroatoms. The predicted octanol–water partition coefficient (Wildman–Crippen LogP) is 2.87. The summed E-state index contributed by atoms with van der Waals surface area (Å²) >= 11 is 0. The van der Waals surface area contributed by atoms with Crippen molar-refractivity contribution in [3.8, 4) is 5.75 Å². The number of para-hydroxylation sites is 2. The van der Waals surface area contributed by atoms with Crippen LogP contribution in [0.15, 0.2) is 24.3 Å². The minimum atomic E-state index is -0.748. The average molecular weight is 350 g/mol. The van der Waals surface area contributed by atoms with Crippen molar-refractivity contribution in [3.63, 3.8) is 0 Å². The Hall–Kier alpha value is -2.28. The fourth-order valence-corrected chi connectivity index (χ4v) is 2.91. The number of urea groups is 1. The smallest absolute Gasteiger partial charge is 0.319 e. The van der Waals surface area contributed by atoms with Gasteiger partial charge < -0.3 is 25.2 Å². The summed E-state index contributed by atoms with van der Waals surface area (Å²) in [5, 5.41) is 14.7. The van der Waals surface area contributed by atoms with E-state index in [1.54, 1.807) is 19.2 Å². The second-order valence-corrected chi connectivity index (χ2v) is 6.18. The second kappa shape index (κ2) is 9.88. The molecule has 3 N–H and O–H groups in total. The van der Waals surface area contributed by atoms with Crippen LogP contribution in [-0.4, -0.2) is 43.5 Å². The lowest BCUT2D eigenvalue weighted by Crippen LogP contribution is -2.41. The van der Waals surface area contributed by atoms with Crippen molar-refractivity contribution in [1.82, 2.24) is 5.32 Å². The van der Waals surface area contributed by atoms with Crippen LogP contribution in [-0.2, 0) is 9.53 Å². The lowest BCUT2D eigenvalue weighted by Gasteiger charge is -2.27. The van der Waals surface area contributed by atoms with Gasteiger partial charge in [0.05, 0.1) is 18.2 Å². The third-order valence-corrected chi connectivity index (χ3v) is 4.30. The van der Waals surface area contributed by atoms with E-state index in [0.717, 1.165) is 6.42 Å². The van der Waals surface area contributed by atoms with E-state index >= 15 is 0 Å². The summed E-state index contributed by atoms with van der Waals surface area (Å²) in [6.07, 6.45) is 3.32. The Labute approximate surface area is 147 Å². The molecular formula is C18H26N2O5. The first-order chi connectivity index (χ1) is 12.1. The first kappa shape index (κ1) is 19.1. The van der Waals surface area contributed by atoms with E-state index in [2.05, 4.69) is 10.6 Å². The molecule has 138 valence electrons. The molecule has 1 aliphatic rings. The number of carbonyl (C=O) groups is 2. The van der Waals surface area contributed by atoms with Crippen molar-refractivity contribution in [2.75, 3.05) is 25.6 Å². The molecule has 0 unspecified atom stereocenters. The van der Waals surface area contributed by atoms with E-state index in [4.69, 9.17) is 14.6 Å². The number of carbonyl (C=O) groups excluding carboxylic acids is 1. The summed E-state index contributed by atoms with van der Waals surface area (Å²) in [4.78, 5) is 23.2. The number of anilines is 1. The molecule has 0 radical (unpaired) electrons. The molecule has 1 aliphatic carbocycles. The highest BCUT2D eigenvalue weighted by Gasteiger charge is 2.26. The molecule has 25 heavy (non-hydrogen) atoms. The number of hydrogen-bond donors (Lipinski definition) is 3. The van der Waals surface area contributed by atoms with E-state index in [0.29, 0.717) is 50.3 Å². The van der Waals surface area contributed by atoms with Gasteiger partial charge in [0.25, 0.3) is 0 Å². The Morgan fingerprint density at radius 2 is 1.88 bits per heavy atom. The SMILES string of the molecule is COCCCOc1ccccc1NC(=O)NC1CCC(C(=O)O)CC1. The van der Waals surface area contributed by atoms with Crippen molar-refractivity contribution >= 4 is 17.7 Å². The van der Waals surface area contributed by atoms with Crippen LogP contribution in [0.25, 0.3) is 0 Å². The van der Waals surface area contributed by atoms with E-state index in [1.165, 1.54) is 0 Å². The monoisotopic (exact) mass is 350 g/mol. The highest BCUT2D eigenvalue weighted by Crippen LogP contribution is 2.26. The highest BCUT2D eigenvalue weighted by atomic mass is 16.5. The molecule has 0 saturated heterocycles. The van der Waals surface area contributed by atoms with Gasteiger partial charge in [-0.15, -0.1) is 0 Å². The molecule has 2 amide bonds. The number of rotatable bonds is 8. The van der Waals surface area contributed by atoms with Crippen LogP contribution < -0.4 is 15.4 Å². The number of nitrogens with one attached hydrogen (secondary N) is 2. The molecule has 1 aromatic carbocycles. The van der Waals surface area contributed by atoms with Gasteiger partial charge in [0.1, 0.15) is 5.75 Å². The lowest BCUT2D eigenvalue weighted by molar-refractivity contribution is -0.142. The van der Waals surface area contributed by atoms with Crippen LogP contribution >= 0.6 is 0 Å². The quantitative estimate of drug-likeness (QED) is 0.627. The summed E-state index contributed by atoms with van der Waals surface area (Å²) in [5.41, 5.74) is 0.608. The van der Waals surface area contributed by atoms with Gasteiger partial charge in [0, 0.05) is 26.2 Å². The molecule has 1 fully saturated rings. The Kier molecular flexibility index (Phi) is 7.53. The number of ether oxygens (including phenoxy) is 2. The predicted molar refractivity (Wildman–Crippen MR) is 94.0 cm³/mol. The molecule has 1 saturated carbocycles. The Balaban J connectivity index is 1.81. The number of methoxy groups -OCH3 is 1. The van der Waals surface area contributed by atoms with Gasteiger partial charge in [-0.2, -0.15) is 0 Å². The minimum Gasteiger partial charge on any atom is -0.491 e. The zero-order valence-electron chi connectivity index (χ0n) is 14.5. The van der Waals surface area contributed by atoms with Gasteiger partial charge in [0.15, 0.2) is 0 Å². The molecule has 7 nitrogen and oxygen atoms in total. The maximum Gasteiger partial charge on any atom is 0.319 e. The molecule has 0 aliphatic heterocycles. The maximum atomic E-state index is 12.2. The van der Waals surface area contributed by atoms with E-state index in [-0.39, 0.29) is 18.0 Å². The van der Waals surface area contributed by atoms with Crippen LogP contribution in [0.3, 0.4) is 0 Å². The zero-order valence-corrected chi connectivity index (χ0v) is 14.5. The fourth-order valence-electron chi connectivity index (χ4n) is 2.91. The van der Waals surface area contributed by atoms with E-state index in [1.807, 2.05) is 12.1 Å². The van der Waals surface area contributed by atoms with Gasteiger partial charge in [-0.3, -0.25) is 4.79 Å². The van der Waals surface area contributed by atoms with E-state index < -0.39 is 5.97 Å². The summed E-state index contributed by atoms with van der Waals surface area (Å²) in [6.45, 7) is 1.13. The summed E-state index contributed by atoms with van der Waals surface area (Å²) in [7, 11) is 1.64. The maximum absolute atomic E-state index is 12.2. The summed E-state index contributed by atoms with van der Waals surface area (Å²) in [6, 6.07) is 6.97. The number of amides is 2. The molecule has 2 rings (SSSR count). The largest absolute Gasteiger partial charge is 0.491 e. The Bertz CT molecular complexity index is 570. The third-order valence-electron chi connectivity index (χ3n) is 4.30. The standard InChI is InChI=1S/C18H26N2O5/c1-24-11-4-12-25-16-6-3-2-5-15(16)20-18(23)19-14-9-7-13(8-10-14)17(21)22/h2-3,5-6,13-14H,4,7-12H2,1H3,(H,21,22)(H2,19,20,23). The molecule has 0 aromatic heterocycles. The van der Waals surface area contributed by atoms with Gasteiger partial charge in [-0.25, -0.2) is 4.79 Å². The number of aliphatic carboxylic acids is 1. The second-order valence-electron chi connectivity index (χ2n) is 6.18. The number of carboxylic acid groups (broad SMARTS) is 1.